The predicted molar refractivity (Wildman–Crippen MR) is 133 cm³/mol. The van der Waals surface area contributed by atoms with Crippen LogP contribution in [0.25, 0.3) is 21.5 Å². The van der Waals surface area contributed by atoms with Gasteiger partial charge in [-0.05, 0) is 0 Å². The van der Waals surface area contributed by atoms with Crippen LogP contribution in [-0.2, 0) is 43.6 Å². The van der Waals surface area contributed by atoms with Gasteiger partial charge in [-0.3, -0.25) is 9.11 Å². The van der Waals surface area contributed by atoms with E-state index in [1.54, 1.807) is 0 Å². The zero-order valence-electron chi connectivity index (χ0n) is 19.7. The smallest absolute Gasteiger partial charge is 0.0809 e. The Bertz CT molecular complexity index is 1250. The van der Waals surface area contributed by atoms with E-state index < -0.39 is 31.3 Å². The second-order valence-corrected chi connectivity index (χ2v) is 8.98. The summed E-state index contributed by atoms with van der Waals surface area (Å²) in [6.07, 6.45) is 0. The van der Waals surface area contributed by atoms with E-state index in [1.165, 1.54) is 44.9 Å². The summed E-state index contributed by atoms with van der Waals surface area (Å²) >= 11 is 1.36. The van der Waals surface area contributed by atoms with E-state index >= 15 is 0 Å². The quantitative estimate of drug-likeness (QED) is 0.0730. The second kappa shape index (κ2) is 17.7. The Balaban J connectivity index is -0.000000414. The third kappa shape index (κ3) is 14.9. The summed E-state index contributed by atoms with van der Waals surface area (Å²) in [6, 6.07) is 29.3. The van der Waals surface area contributed by atoms with Crippen molar-refractivity contribution in [2.75, 3.05) is 0 Å². The third-order valence-corrected chi connectivity index (χ3v) is 4.85. The van der Waals surface area contributed by atoms with Crippen molar-refractivity contribution in [2.24, 2.45) is 0 Å². The third-order valence-electron chi connectivity index (χ3n) is 3.68. The molecular formula is C22H22F6O6S2SiZr-4. The van der Waals surface area contributed by atoms with Crippen LogP contribution in [0.2, 0.25) is 0 Å². The van der Waals surface area contributed by atoms with Gasteiger partial charge in [0.1, 0.15) is 0 Å². The van der Waals surface area contributed by atoms with Gasteiger partial charge in [-0.25, -0.2) is 0 Å². The van der Waals surface area contributed by atoms with Gasteiger partial charge < -0.3 is 14.9 Å². The van der Waals surface area contributed by atoms with Crippen molar-refractivity contribution in [3.8, 4) is 0 Å². The molecule has 0 aliphatic carbocycles. The van der Waals surface area contributed by atoms with Crippen molar-refractivity contribution in [1.82, 2.24) is 0 Å². The molecule has 0 saturated carbocycles. The van der Waals surface area contributed by atoms with Gasteiger partial charge in [0.25, 0.3) is 0 Å². The minimum absolute atomic E-state index is 0. The van der Waals surface area contributed by atoms with Gasteiger partial charge in [-0.2, -0.15) is 78.2 Å². The molecule has 0 atom stereocenters. The summed E-state index contributed by atoms with van der Waals surface area (Å²) in [5.74, 6) is 0. The summed E-state index contributed by atoms with van der Waals surface area (Å²) in [4.78, 5) is 0. The molecule has 4 aromatic rings. The fraction of sp³-hybridized carbons (Fsp3) is 0.0909. The molecular weight excluding hydrogens is 658 g/mol. The molecule has 38 heavy (non-hydrogen) atoms. The minimum atomic E-state index is -5.84. The van der Waals surface area contributed by atoms with Gasteiger partial charge >= 0.3 is 61.5 Å². The fourth-order valence-electron chi connectivity index (χ4n) is 2.14. The number of fused-ring (bicyclic) bond motifs is 2. The van der Waals surface area contributed by atoms with Crippen LogP contribution < -0.4 is 0 Å². The Hall–Kier alpha value is -1.84. The van der Waals surface area contributed by atoms with E-state index in [-0.39, 0.29) is 14.9 Å². The number of rotatable bonds is 0. The molecule has 0 fully saturated rings. The number of hydrogen-bond acceptors (Lipinski definition) is 4. The molecule has 2 N–H and O–H groups in total. The maximum atomic E-state index is 10.7. The summed E-state index contributed by atoms with van der Waals surface area (Å²) in [6.45, 7) is 3.06. The first kappa shape index (κ1) is 40.7. The van der Waals surface area contributed by atoms with E-state index in [4.69, 9.17) is 25.9 Å². The fourth-order valence-corrected chi connectivity index (χ4v) is 2.14. The van der Waals surface area contributed by atoms with E-state index in [0.29, 0.717) is 0 Å². The minimum Gasteiger partial charge on any atom is -0.168 e. The number of halogens is 6. The van der Waals surface area contributed by atoms with Crippen LogP contribution in [0.3, 0.4) is 0 Å². The van der Waals surface area contributed by atoms with Crippen LogP contribution in [-0.4, -0.2) is 43.8 Å². The van der Waals surface area contributed by atoms with Crippen molar-refractivity contribution < 1.29 is 75.6 Å². The number of benzene rings is 2. The van der Waals surface area contributed by atoms with E-state index in [9.17, 15) is 26.3 Å². The van der Waals surface area contributed by atoms with Crippen molar-refractivity contribution in [1.29, 1.82) is 0 Å². The van der Waals surface area contributed by atoms with Gasteiger partial charge in [0.15, 0.2) is 0 Å². The second-order valence-electron chi connectivity index (χ2n) is 6.15. The molecule has 6 nitrogen and oxygen atoms in total. The molecule has 0 bridgehead atoms. The van der Waals surface area contributed by atoms with Crippen molar-refractivity contribution >= 4 is 48.7 Å². The number of alkyl halides is 6. The summed E-state index contributed by atoms with van der Waals surface area (Å²) in [5, 5.41) is 5.32. The van der Waals surface area contributed by atoms with Gasteiger partial charge in [0.05, 0.1) is 0 Å². The van der Waals surface area contributed by atoms with Crippen LogP contribution in [0.4, 0.5) is 26.3 Å². The average molecular weight is 680 g/mol. The van der Waals surface area contributed by atoms with Crippen molar-refractivity contribution in [2.45, 2.75) is 11.0 Å². The largest absolute Gasteiger partial charge is 0.168 e. The van der Waals surface area contributed by atoms with Crippen LogP contribution in [0.15, 0.2) is 84.9 Å². The van der Waals surface area contributed by atoms with Gasteiger partial charge in [-0.15, -0.1) is 59.3 Å². The molecule has 0 aliphatic heterocycles. The average Bonchev–Trinajstić information content (AvgIpc) is 3.43. The molecule has 212 valence electrons. The first-order valence-corrected chi connectivity index (χ1v) is 16.0. The molecule has 0 heterocycles. The topological polar surface area (TPSA) is 109 Å². The molecule has 0 aromatic heterocycles. The van der Waals surface area contributed by atoms with Gasteiger partial charge in [0.2, 0.25) is 0 Å². The maximum Gasteiger partial charge on any atom is -0.0809 e. The zero-order valence-corrected chi connectivity index (χ0v) is 24.8. The van der Waals surface area contributed by atoms with Gasteiger partial charge in [0, 0.05) is 0 Å². The Morgan fingerprint density at radius 1 is 0.605 bits per heavy atom. The standard InChI is InChI=1S/2C9H7.2CHF3O3S.2CH3.Si.Zr/c2*1-2-5-9-7-3-6-8(9)4-1;2*2-1(3,4)8(5,6)7;;;;/h2*1-7H;2*(H,5,6,7);2*1H3;;/q2*-1;;;2*-1;;. The predicted octanol–water partition coefficient (Wildman–Crippen LogP) is 6.42. The molecule has 4 aromatic carbocycles. The zero-order chi connectivity index (χ0) is 28.2. The van der Waals surface area contributed by atoms with Crippen LogP contribution in [0.1, 0.15) is 0 Å². The van der Waals surface area contributed by atoms with E-state index in [1.807, 2.05) is 0 Å². The molecule has 0 amide bonds. The molecule has 16 heteroatoms. The molecule has 0 aliphatic rings. The van der Waals surface area contributed by atoms with Gasteiger partial charge in [-0.1, -0.05) is 12.1 Å². The van der Waals surface area contributed by atoms with Crippen LogP contribution in [0.5, 0.6) is 0 Å². The molecule has 0 saturated heterocycles. The molecule has 0 spiro atoms. The van der Waals surface area contributed by atoms with E-state index in [2.05, 4.69) is 91.8 Å². The van der Waals surface area contributed by atoms with Crippen molar-refractivity contribution in [3.63, 3.8) is 0 Å². The maximum absolute atomic E-state index is 10.7. The Kier molecular flexibility index (Phi) is 18.9. The first-order chi connectivity index (χ1) is 16.4. The van der Waals surface area contributed by atoms with Crippen molar-refractivity contribution in [3.05, 3.63) is 99.8 Å². The summed E-state index contributed by atoms with van der Waals surface area (Å²) in [7, 11) is -11.7. The summed E-state index contributed by atoms with van der Waals surface area (Å²) < 4.78 is 115. The summed E-state index contributed by atoms with van der Waals surface area (Å²) in [5.41, 5.74) is -11.1. The molecule has 2 radical (unpaired) electrons. The van der Waals surface area contributed by atoms with Crippen LogP contribution >= 0.6 is 0 Å². The Morgan fingerprint density at radius 3 is 1.05 bits per heavy atom. The SMILES string of the molecule is O=S(=O)(O)C(F)(F)F.O=S(=O)(O)C(F)(F)F.[CH3-].[CH3-].[Si]=[Zr].c1ccc2[cH-]ccc2c1.c1ccc2[cH-]ccc2c1. The molecule has 0 unspecified atom stereocenters. The number of hydrogen-bond donors (Lipinski definition) is 2. The van der Waals surface area contributed by atoms with E-state index in [0.717, 1.165) is 0 Å². The molecule has 4 rings (SSSR count). The Morgan fingerprint density at radius 2 is 0.842 bits per heavy atom. The first-order valence-electron chi connectivity index (χ1n) is 8.97. The Labute approximate surface area is 234 Å². The normalized spacial score (nSPS) is 10.8. The monoisotopic (exact) mass is 678 g/mol. The van der Waals surface area contributed by atoms with Crippen LogP contribution in [0, 0.1) is 14.9 Å².